The number of carbonyl (C=O) groups is 1. The van der Waals surface area contributed by atoms with Gasteiger partial charge in [0, 0.05) is 23.1 Å². The monoisotopic (exact) mass is 427 g/mol. The lowest BCUT2D eigenvalue weighted by Gasteiger charge is -2.09. The van der Waals surface area contributed by atoms with E-state index in [2.05, 4.69) is 20.6 Å². The molecule has 5 aromatic rings. The van der Waals surface area contributed by atoms with Crippen molar-refractivity contribution >= 4 is 22.7 Å². The van der Waals surface area contributed by atoms with Crippen molar-refractivity contribution in [3.05, 3.63) is 89.6 Å². The molecule has 0 spiro atoms. The third-order valence-electron chi connectivity index (χ3n) is 5.05. The van der Waals surface area contributed by atoms with E-state index in [0.717, 1.165) is 11.4 Å². The predicted molar refractivity (Wildman–Crippen MR) is 118 cm³/mol. The molecule has 0 atom stereocenters. The lowest BCUT2D eigenvalue weighted by Crippen LogP contribution is -2.13. The zero-order valence-corrected chi connectivity index (χ0v) is 17.3. The van der Waals surface area contributed by atoms with Crippen LogP contribution in [0.1, 0.15) is 21.7 Å². The minimum atomic E-state index is -0.359. The van der Waals surface area contributed by atoms with Crippen LogP contribution in [0.4, 0.5) is 10.1 Å². The van der Waals surface area contributed by atoms with Gasteiger partial charge in [-0.15, -0.1) is 0 Å². The zero-order valence-electron chi connectivity index (χ0n) is 17.3. The number of nitrogens with zero attached hydrogens (tertiary/aromatic N) is 4. The largest absolute Gasteiger partial charge is 0.335 e. The summed E-state index contributed by atoms with van der Waals surface area (Å²) in [6.45, 7) is 3.70. The molecule has 0 bridgehead atoms. The Morgan fingerprint density at radius 3 is 2.44 bits per heavy atom. The van der Waals surface area contributed by atoms with Crippen LogP contribution in [0, 0.1) is 19.7 Å². The molecule has 0 aliphatic heterocycles. The van der Waals surface area contributed by atoms with E-state index < -0.39 is 0 Å². The Bertz CT molecular complexity index is 1440. The van der Waals surface area contributed by atoms with Gasteiger partial charge in [0.25, 0.3) is 11.6 Å². The first-order chi connectivity index (χ1) is 15.5. The molecule has 0 aliphatic carbocycles. The van der Waals surface area contributed by atoms with Gasteiger partial charge in [-0.2, -0.15) is 5.10 Å². The number of halogens is 1. The Morgan fingerprint density at radius 1 is 1.00 bits per heavy atom. The van der Waals surface area contributed by atoms with Gasteiger partial charge in [0.1, 0.15) is 11.5 Å². The highest BCUT2D eigenvalue weighted by molar-refractivity contribution is 6.14. The third-order valence-corrected chi connectivity index (χ3v) is 5.05. The number of amides is 1. The second-order valence-corrected chi connectivity index (χ2v) is 7.43. The summed E-state index contributed by atoms with van der Waals surface area (Å²) < 4.78 is 20.5. The van der Waals surface area contributed by atoms with Gasteiger partial charge in [0.15, 0.2) is 0 Å². The van der Waals surface area contributed by atoms with Gasteiger partial charge in [0.2, 0.25) is 0 Å². The maximum atomic E-state index is 13.4. The van der Waals surface area contributed by atoms with Gasteiger partial charge >= 0.3 is 0 Å². The van der Waals surface area contributed by atoms with Crippen LogP contribution in [-0.4, -0.2) is 25.8 Å². The molecule has 0 unspecified atom stereocenters. The summed E-state index contributed by atoms with van der Waals surface area (Å²) >= 11 is 0. The van der Waals surface area contributed by atoms with Gasteiger partial charge in [0.05, 0.1) is 22.3 Å². The van der Waals surface area contributed by atoms with Gasteiger partial charge in [-0.1, -0.05) is 5.16 Å². The second-order valence-electron chi connectivity index (χ2n) is 7.43. The molecule has 8 heteroatoms. The molecule has 0 saturated heterocycles. The van der Waals surface area contributed by atoms with Crippen LogP contribution in [-0.2, 0) is 0 Å². The van der Waals surface area contributed by atoms with Crippen molar-refractivity contribution in [2.45, 2.75) is 13.8 Å². The summed E-state index contributed by atoms with van der Waals surface area (Å²) in [7, 11) is 0. The summed E-state index contributed by atoms with van der Waals surface area (Å²) in [4.78, 5) is 17.5. The molecule has 0 radical (unpaired) electrons. The van der Waals surface area contributed by atoms with E-state index >= 15 is 0 Å². The van der Waals surface area contributed by atoms with Gasteiger partial charge in [-0.05, 0) is 74.5 Å². The number of fused-ring (bicyclic) bond motifs is 1. The maximum Gasteiger partial charge on any atom is 0.259 e. The molecular formula is C24H18FN5O2. The average molecular weight is 427 g/mol. The molecule has 3 aromatic heterocycles. The smallest absolute Gasteiger partial charge is 0.259 e. The van der Waals surface area contributed by atoms with Crippen molar-refractivity contribution in [3.63, 3.8) is 0 Å². The maximum absolute atomic E-state index is 13.4. The van der Waals surface area contributed by atoms with Crippen molar-refractivity contribution in [1.82, 2.24) is 19.9 Å². The van der Waals surface area contributed by atoms with Gasteiger partial charge in [-0.25, -0.2) is 14.1 Å². The van der Waals surface area contributed by atoms with E-state index in [1.165, 1.54) is 12.1 Å². The molecule has 0 aliphatic rings. The van der Waals surface area contributed by atoms with Crippen LogP contribution in [0.3, 0.4) is 0 Å². The third kappa shape index (κ3) is 3.62. The number of carbonyl (C=O) groups excluding carboxylic acids is 1. The summed E-state index contributed by atoms with van der Waals surface area (Å²) in [5.41, 5.74) is 4.74. The normalized spacial score (nSPS) is 11.1. The Balaban J connectivity index is 1.49. The average Bonchev–Trinajstić information content (AvgIpc) is 3.40. The van der Waals surface area contributed by atoms with Crippen LogP contribution < -0.4 is 5.32 Å². The number of aryl methyl sites for hydroxylation is 2. The first-order valence-corrected chi connectivity index (χ1v) is 9.95. The second kappa shape index (κ2) is 7.73. The highest BCUT2D eigenvalue weighted by atomic mass is 19.1. The Labute approximate surface area is 182 Å². The molecule has 5 rings (SSSR count). The first-order valence-electron chi connectivity index (χ1n) is 9.95. The number of nitrogens with one attached hydrogen (secondary N) is 1. The van der Waals surface area contributed by atoms with E-state index in [1.807, 2.05) is 43.5 Å². The first kappa shape index (κ1) is 19.6. The Morgan fingerprint density at radius 2 is 1.75 bits per heavy atom. The van der Waals surface area contributed by atoms with E-state index in [4.69, 9.17) is 4.52 Å². The Kier molecular flexibility index (Phi) is 4.74. The van der Waals surface area contributed by atoms with Crippen molar-refractivity contribution in [2.75, 3.05) is 5.32 Å². The molecule has 2 aromatic carbocycles. The standard InChI is InChI=1S/C24H18FN5O2/c1-14-11-12-30(28-14)19-9-7-18(8-10-19)27-23(31)20-13-15(2)26-24-21(20)22(29-32-24)16-3-5-17(25)6-4-16/h3-13H,1-2H3,(H,27,31). The fourth-order valence-corrected chi connectivity index (χ4v) is 3.51. The fourth-order valence-electron chi connectivity index (χ4n) is 3.51. The van der Waals surface area contributed by atoms with Gasteiger partial charge < -0.3 is 9.84 Å². The minimum absolute atomic E-state index is 0.249. The van der Waals surface area contributed by atoms with E-state index in [0.29, 0.717) is 33.6 Å². The Hall–Kier alpha value is -4.33. The van der Waals surface area contributed by atoms with Crippen molar-refractivity contribution < 1.29 is 13.7 Å². The number of hydrogen-bond donors (Lipinski definition) is 1. The molecular weight excluding hydrogens is 409 g/mol. The molecule has 1 amide bonds. The SMILES string of the molecule is Cc1cc(C(=O)Nc2ccc(-n3ccc(C)n3)cc2)c2c(-c3ccc(F)cc3)noc2n1. The lowest BCUT2D eigenvalue weighted by atomic mass is 10.0. The minimum Gasteiger partial charge on any atom is -0.335 e. The zero-order chi connectivity index (χ0) is 22.2. The number of hydrogen-bond acceptors (Lipinski definition) is 5. The summed E-state index contributed by atoms with van der Waals surface area (Å²) in [6, 6.07) is 16.8. The predicted octanol–water partition coefficient (Wildman–Crippen LogP) is 5.08. The molecule has 0 saturated carbocycles. The number of rotatable bonds is 4. The number of pyridine rings is 1. The fraction of sp³-hybridized carbons (Fsp3) is 0.0833. The van der Waals surface area contributed by atoms with Crippen LogP contribution in [0.15, 0.2) is 71.4 Å². The summed E-state index contributed by atoms with van der Waals surface area (Å²) in [5.74, 6) is -0.683. The van der Waals surface area contributed by atoms with Crippen LogP contribution in [0.25, 0.3) is 28.0 Å². The van der Waals surface area contributed by atoms with E-state index in [-0.39, 0.29) is 17.4 Å². The molecule has 7 nitrogen and oxygen atoms in total. The topological polar surface area (TPSA) is 85.8 Å². The van der Waals surface area contributed by atoms with Crippen LogP contribution in [0.2, 0.25) is 0 Å². The highest BCUT2D eigenvalue weighted by Gasteiger charge is 2.21. The van der Waals surface area contributed by atoms with E-state index in [9.17, 15) is 9.18 Å². The van der Waals surface area contributed by atoms with Crippen molar-refractivity contribution in [2.24, 2.45) is 0 Å². The molecule has 0 fully saturated rings. The summed E-state index contributed by atoms with van der Waals surface area (Å²) in [6.07, 6.45) is 1.88. The molecule has 1 N–H and O–H groups in total. The van der Waals surface area contributed by atoms with Gasteiger partial charge in [-0.3, -0.25) is 4.79 Å². The van der Waals surface area contributed by atoms with E-state index in [1.54, 1.807) is 29.8 Å². The highest BCUT2D eigenvalue weighted by Crippen LogP contribution is 2.31. The van der Waals surface area contributed by atoms with Crippen LogP contribution in [0.5, 0.6) is 0 Å². The number of benzene rings is 2. The molecule has 3 heterocycles. The molecule has 32 heavy (non-hydrogen) atoms. The number of anilines is 1. The number of aromatic nitrogens is 4. The van der Waals surface area contributed by atoms with Crippen LogP contribution >= 0.6 is 0 Å². The molecule has 158 valence electrons. The van der Waals surface area contributed by atoms with Crippen molar-refractivity contribution in [3.8, 4) is 16.9 Å². The lowest BCUT2D eigenvalue weighted by molar-refractivity contribution is 0.102. The van der Waals surface area contributed by atoms with Crippen molar-refractivity contribution in [1.29, 1.82) is 0 Å². The summed E-state index contributed by atoms with van der Waals surface area (Å²) in [5, 5.41) is 11.9. The quantitative estimate of drug-likeness (QED) is 0.432.